The predicted octanol–water partition coefficient (Wildman–Crippen LogP) is 4.17. The zero-order valence-corrected chi connectivity index (χ0v) is 15.4. The molecule has 0 saturated carbocycles. The van der Waals surface area contributed by atoms with Crippen LogP contribution in [0.4, 0.5) is 0 Å². The lowest BCUT2D eigenvalue weighted by Gasteiger charge is -2.06. The molecular formula is C19H40N2O2. The molecule has 0 fully saturated rings. The van der Waals surface area contributed by atoms with Crippen molar-refractivity contribution < 1.29 is 9.53 Å². The average Bonchev–Trinajstić information content (AvgIpc) is 2.56. The van der Waals surface area contributed by atoms with Gasteiger partial charge < -0.3 is 15.8 Å². The van der Waals surface area contributed by atoms with Crippen LogP contribution in [0.25, 0.3) is 0 Å². The normalized spacial score (nSPS) is 10.9. The lowest BCUT2D eigenvalue weighted by molar-refractivity contribution is -0.143. The van der Waals surface area contributed by atoms with Crippen LogP contribution in [0.1, 0.15) is 90.4 Å². The van der Waals surface area contributed by atoms with Gasteiger partial charge in [-0.2, -0.15) is 0 Å². The Balaban J connectivity index is 3.13. The summed E-state index contributed by atoms with van der Waals surface area (Å²) < 4.78 is 5.24. The van der Waals surface area contributed by atoms with Gasteiger partial charge in [-0.3, -0.25) is 4.79 Å². The standard InChI is InChI=1S/C19H40N2O2/c1-2-3-4-5-6-7-8-9-10-14-19(22)23-18-13-17-21-16-12-11-15-20/h21H,2-18,20H2,1H3. The van der Waals surface area contributed by atoms with Crippen LogP contribution in [-0.4, -0.2) is 32.2 Å². The lowest BCUT2D eigenvalue weighted by Crippen LogP contribution is -2.19. The number of rotatable bonds is 18. The van der Waals surface area contributed by atoms with Gasteiger partial charge in [-0.25, -0.2) is 0 Å². The van der Waals surface area contributed by atoms with Crippen LogP contribution in [0.5, 0.6) is 0 Å². The third-order valence-electron chi connectivity index (χ3n) is 4.05. The van der Waals surface area contributed by atoms with Crippen LogP contribution in [0.3, 0.4) is 0 Å². The second-order valence-corrected chi connectivity index (χ2v) is 6.40. The van der Waals surface area contributed by atoms with E-state index in [4.69, 9.17) is 10.5 Å². The van der Waals surface area contributed by atoms with E-state index in [-0.39, 0.29) is 5.97 Å². The van der Waals surface area contributed by atoms with Gasteiger partial charge in [0.05, 0.1) is 6.61 Å². The van der Waals surface area contributed by atoms with E-state index in [0.29, 0.717) is 13.0 Å². The van der Waals surface area contributed by atoms with Crippen molar-refractivity contribution in [3.8, 4) is 0 Å². The highest BCUT2D eigenvalue weighted by molar-refractivity contribution is 5.69. The minimum atomic E-state index is -0.0314. The zero-order valence-electron chi connectivity index (χ0n) is 15.4. The first-order valence-electron chi connectivity index (χ1n) is 9.87. The molecule has 0 aromatic carbocycles. The maximum atomic E-state index is 11.6. The fourth-order valence-corrected chi connectivity index (χ4v) is 2.55. The van der Waals surface area contributed by atoms with E-state index in [0.717, 1.165) is 51.7 Å². The first-order valence-corrected chi connectivity index (χ1v) is 9.87. The fraction of sp³-hybridized carbons (Fsp3) is 0.947. The van der Waals surface area contributed by atoms with E-state index in [1.807, 2.05) is 0 Å². The van der Waals surface area contributed by atoms with Crippen molar-refractivity contribution in [1.82, 2.24) is 5.32 Å². The topological polar surface area (TPSA) is 64.3 Å². The van der Waals surface area contributed by atoms with E-state index in [2.05, 4.69) is 12.2 Å². The van der Waals surface area contributed by atoms with Gasteiger partial charge in [-0.15, -0.1) is 0 Å². The quantitative estimate of drug-likeness (QED) is 0.293. The number of hydrogen-bond donors (Lipinski definition) is 2. The molecule has 0 bridgehead atoms. The summed E-state index contributed by atoms with van der Waals surface area (Å²) in [5.41, 5.74) is 5.43. The summed E-state index contributed by atoms with van der Waals surface area (Å²) in [6.45, 7) is 5.47. The van der Waals surface area contributed by atoms with Gasteiger partial charge in [0.2, 0.25) is 0 Å². The van der Waals surface area contributed by atoms with E-state index in [1.54, 1.807) is 0 Å². The van der Waals surface area contributed by atoms with Crippen molar-refractivity contribution in [3.63, 3.8) is 0 Å². The number of esters is 1. The van der Waals surface area contributed by atoms with Crippen LogP contribution < -0.4 is 11.1 Å². The van der Waals surface area contributed by atoms with Crippen molar-refractivity contribution in [3.05, 3.63) is 0 Å². The maximum absolute atomic E-state index is 11.6. The zero-order chi connectivity index (χ0) is 17.0. The summed E-state index contributed by atoms with van der Waals surface area (Å²) in [6.07, 6.45) is 15.2. The Kier molecular flexibility index (Phi) is 18.9. The highest BCUT2D eigenvalue weighted by atomic mass is 16.5. The molecule has 138 valence electrons. The van der Waals surface area contributed by atoms with Gasteiger partial charge in [0.25, 0.3) is 0 Å². The van der Waals surface area contributed by atoms with Crippen molar-refractivity contribution >= 4 is 5.97 Å². The molecule has 23 heavy (non-hydrogen) atoms. The molecule has 3 N–H and O–H groups in total. The number of hydrogen-bond acceptors (Lipinski definition) is 4. The molecule has 0 unspecified atom stereocenters. The van der Waals surface area contributed by atoms with Gasteiger partial charge in [-0.1, -0.05) is 58.3 Å². The second kappa shape index (κ2) is 19.4. The Labute approximate surface area is 143 Å². The number of unbranched alkanes of at least 4 members (excludes halogenated alkanes) is 9. The lowest BCUT2D eigenvalue weighted by atomic mass is 10.1. The number of nitrogens with one attached hydrogen (secondary N) is 1. The number of nitrogens with two attached hydrogens (primary N) is 1. The second-order valence-electron chi connectivity index (χ2n) is 6.40. The Hall–Kier alpha value is -0.610. The number of ether oxygens (including phenoxy) is 1. The summed E-state index contributed by atoms with van der Waals surface area (Å²) in [5, 5.41) is 3.33. The van der Waals surface area contributed by atoms with Crippen LogP contribution in [0.15, 0.2) is 0 Å². The van der Waals surface area contributed by atoms with E-state index >= 15 is 0 Å². The van der Waals surface area contributed by atoms with Gasteiger partial charge in [0.1, 0.15) is 0 Å². The van der Waals surface area contributed by atoms with Crippen LogP contribution >= 0.6 is 0 Å². The molecule has 0 amide bonds. The van der Waals surface area contributed by atoms with Gasteiger partial charge >= 0.3 is 5.97 Å². The third-order valence-corrected chi connectivity index (χ3v) is 4.05. The molecule has 0 atom stereocenters. The molecule has 0 spiro atoms. The predicted molar refractivity (Wildman–Crippen MR) is 98.6 cm³/mol. The molecule has 0 aliphatic heterocycles. The molecule has 0 aliphatic carbocycles. The van der Waals surface area contributed by atoms with Crippen LogP contribution in [0, 0.1) is 0 Å². The largest absolute Gasteiger partial charge is 0.466 e. The third kappa shape index (κ3) is 19.3. The van der Waals surface area contributed by atoms with E-state index in [1.165, 1.54) is 44.9 Å². The number of carbonyl (C=O) groups is 1. The van der Waals surface area contributed by atoms with E-state index in [9.17, 15) is 4.79 Å². The summed E-state index contributed by atoms with van der Waals surface area (Å²) in [4.78, 5) is 11.6. The summed E-state index contributed by atoms with van der Waals surface area (Å²) >= 11 is 0. The molecule has 0 aliphatic rings. The SMILES string of the molecule is CCCCCCCCCCCC(=O)OCCCNCCCCN. The van der Waals surface area contributed by atoms with Crippen molar-refractivity contribution in [1.29, 1.82) is 0 Å². The summed E-state index contributed by atoms with van der Waals surface area (Å²) in [7, 11) is 0. The minimum absolute atomic E-state index is 0.0314. The Morgan fingerprint density at radius 1 is 0.826 bits per heavy atom. The van der Waals surface area contributed by atoms with Gasteiger partial charge in [-0.05, 0) is 45.3 Å². The average molecular weight is 329 g/mol. The van der Waals surface area contributed by atoms with Crippen molar-refractivity contribution in [2.24, 2.45) is 5.73 Å². The molecule has 0 aromatic heterocycles. The summed E-state index contributed by atoms with van der Waals surface area (Å²) in [6, 6.07) is 0. The molecule has 4 nitrogen and oxygen atoms in total. The molecule has 4 heteroatoms. The molecular weight excluding hydrogens is 288 g/mol. The van der Waals surface area contributed by atoms with Crippen LogP contribution in [0.2, 0.25) is 0 Å². The summed E-state index contributed by atoms with van der Waals surface area (Å²) in [5.74, 6) is -0.0314. The minimum Gasteiger partial charge on any atom is -0.466 e. The highest BCUT2D eigenvalue weighted by Gasteiger charge is 2.02. The molecule has 0 aromatic rings. The smallest absolute Gasteiger partial charge is 0.305 e. The van der Waals surface area contributed by atoms with Crippen molar-refractivity contribution in [2.75, 3.05) is 26.2 Å². The Morgan fingerprint density at radius 2 is 1.43 bits per heavy atom. The van der Waals surface area contributed by atoms with Crippen molar-refractivity contribution in [2.45, 2.75) is 90.4 Å². The monoisotopic (exact) mass is 328 g/mol. The first kappa shape index (κ1) is 22.4. The fourth-order valence-electron chi connectivity index (χ4n) is 2.55. The highest BCUT2D eigenvalue weighted by Crippen LogP contribution is 2.10. The number of carbonyl (C=O) groups excluding carboxylic acids is 1. The molecule has 0 radical (unpaired) electrons. The van der Waals surface area contributed by atoms with E-state index < -0.39 is 0 Å². The maximum Gasteiger partial charge on any atom is 0.305 e. The molecule has 0 saturated heterocycles. The first-order chi connectivity index (χ1) is 11.3. The molecule has 0 heterocycles. The Bertz CT molecular complexity index is 248. The van der Waals surface area contributed by atoms with Crippen LogP contribution in [-0.2, 0) is 9.53 Å². The Morgan fingerprint density at radius 3 is 2.09 bits per heavy atom. The molecule has 0 rings (SSSR count). The van der Waals surface area contributed by atoms with Gasteiger partial charge in [0, 0.05) is 6.42 Å². The van der Waals surface area contributed by atoms with Gasteiger partial charge in [0.15, 0.2) is 0 Å².